The Morgan fingerprint density at radius 3 is 2.19 bits per heavy atom. The molecule has 0 atom stereocenters. The number of amides is 1. The summed E-state index contributed by atoms with van der Waals surface area (Å²) in [4.78, 5) is 28.2. The third-order valence-corrected chi connectivity index (χ3v) is 4.61. The second kappa shape index (κ2) is 8.54. The topological polar surface area (TPSA) is 102 Å². The van der Waals surface area contributed by atoms with E-state index in [-0.39, 0.29) is 23.3 Å². The minimum atomic E-state index is -1.18. The van der Waals surface area contributed by atoms with Crippen molar-refractivity contribution in [3.05, 3.63) is 90.1 Å². The van der Waals surface area contributed by atoms with Crippen LogP contribution in [-0.2, 0) is 0 Å². The predicted molar refractivity (Wildman–Crippen MR) is 115 cm³/mol. The van der Waals surface area contributed by atoms with Gasteiger partial charge in [-0.3, -0.25) is 4.79 Å². The molecule has 0 radical (unpaired) electrons. The fourth-order valence-electron chi connectivity index (χ4n) is 3.02. The lowest BCUT2D eigenvalue weighted by Crippen LogP contribution is -2.11. The first-order chi connectivity index (χ1) is 15.0. The van der Waals surface area contributed by atoms with Crippen LogP contribution in [0.25, 0.3) is 22.8 Å². The van der Waals surface area contributed by atoms with E-state index in [0.29, 0.717) is 28.1 Å². The van der Waals surface area contributed by atoms with Crippen molar-refractivity contribution >= 4 is 17.6 Å². The summed E-state index contributed by atoms with van der Waals surface area (Å²) in [6, 6.07) is 22.5. The van der Waals surface area contributed by atoms with E-state index >= 15 is 0 Å². The Morgan fingerprint density at radius 2 is 1.58 bits per heavy atom. The molecule has 0 bridgehead atoms. The molecule has 0 spiro atoms. The van der Waals surface area contributed by atoms with Crippen LogP contribution in [0, 0.1) is 0 Å². The first kappa shape index (κ1) is 19.9. The van der Waals surface area contributed by atoms with Gasteiger partial charge in [0.25, 0.3) is 5.91 Å². The van der Waals surface area contributed by atoms with Gasteiger partial charge in [-0.15, -0.1) is 0 Å². The third-order valence-electron chi connectivity index (χ3n) is 4.61. The smallest absolute Gasteiger partial charge is 0.358 e. The van der Waals surface area contributed by atoms with Crippen molar-refractivity contribution in [1.82, 2.24) is 4.98 Å². The lowest BCUT2D eigenvalue weighted by Gasteiger charge is -2.07. The van der Waals surface area contributed by atoms with Gasteiger partial charge in [0, 0.05) is 22.4 Å². The third kappa shape index (κ3) is 4.30. The molecule has 0 aliphatic rings. The van der Waals surface area contributed by atoms with Crippen LogP contribution in [0.15, 0.2) is 83.3 Å². The molecule has 31 heavy (non-hydrogen) atoms. The van der Waals surface area contributed by atoms with E-state index < -0.39 is 5.97 Å². The number of benzene rings is 3. The van der Waals surface area contributed by atoms with Gasteiger partial charge in [0.05, 0.1) is 7.11 Å². The molecule has 1 amide bonds. The molecule has 4 rings (SSSR count). The van der Waals surface area contributed by atoms with E-state index in [1.54, 1.807) is 67.8 Å². The van der Waals surface area contributed by atoms with Crippen LogP contribution in [0.4, 0.5) is 5.69 Å². The molecule has 7 heteroatoms. The van der Waals surface area contributed by atoms with E-state index in [0.717, 1.165) is 0 Å². The molecule has 0 aliphatic heterocycles. The molecule has 0 fully saturated rings. The number of oxazole rings is 1. The fourth-order valence-corrected chi connectivity index (χ4v) is 3.02. The van der Waals surface area contributed by atoms with E-state index in [9.17, 15) is 14.7 Å². The molecule has 2 N–H and O–H groups in total. The van der Waals surface area contributed by atoms with E-state index in [2.05, 4.69) is 10.3 Å². The van der Waals surface area contributed by atoms with Crippen molar-refractivity contribution in [1.29, 1.82) is 0 Å². The molecule has 1 heterocycles. The van der Waals surface area contributed by atoms with Gasteiger partial charge in [0.1, 0.15) is 5.75 Å². The summed E-state index contributed by atoms with van der Waals surface area (Å²) in [6.07, 6.45) is 0. The normalized spacial score (nSPS) is 10.5. The zero-order valence-electron chi connectivity index (χ0n) is 16.5. The Labute approximate surface area is 177 Å². The van der Waals surface area contributed by atoms with Gasteiger partial charge in [-0.1, -0.05) is 18.2 Å². The molecule has 0 saturated heterocycles. The van der Waals surface area contributed by atoms with Gasteiger partial charge >= 0.3 is 5.97 Å². The second-order valence-corrected chi connectivity index (χ2v) is 6.63. The van der Waals surface area contributed by atoms with Gasteiger partial charge in [0.15, 0.2) is 11.5 Å². The van der Waals surface area contributed by atoms with Crippen molar-refractivity contribution in [2.45, 2.75) is 0 Å². The van der Waals surface area contributed by atoms with Crippen molar-refractivity contribution in [3.8, 4) is 28.5 Å². The Kier molecular flexibility index (Phi) is 5.49. The standard InChI is InChI=1S/C24H18N2O5/c1-30-19-13-9-16(10-14-19)22(27)25-18-11-7-15(8-12-18)21-20(24(28)29)26-23(31-21)17-5-3-2-4-6-17/h2-14H,1H3,(H,25,27)(H,28,29). The van der Waals surface area contributed by atoms with E-state index in [1.807, 2.05) is 18.2 Å². The molecule has 0 saturated carbocycles. The van der Waals surface area contributed by atoms with Gasteiger partial charge < -0.3 is 19.6 Å². The maximum atomic E-state index is 12.4. The SMILES string of the molecule is COc1ccc(C(=O)Nc2ccc(-c3oc(-c4ccccc4)nc3C(=O)O)cc2)cc1. The van der Waals surface area contributed by atoms with Gasteiger partial charge in [-0.2, -0.15) is 0 Å². The fraction of sp³-hybridized carbons (Fsp3) is 0.0417. The number of hydrogen-bond acceptors (Lipinski definition) is 5. The number of ether oxygens (including phenoxy) is 1. The lowest BCUT2D eigenvalue weighted by atomic mass is 10.1. The molecular weight excluding hydrogens is 396 g/mol. The number of carboxylic acids is 1. The minimum Gasteiger partial charge on any atom is -0.497 e. The monoisotopic (exact) mass is 414 g/mol. The first-order valence-corrected chi connectivity index (χ1v) is 9.40. The highest BCUT2D eigenvalue weighted by molar-refractivity contribution is 6.04. The molecule has 0 aliphatic carbocycles. The summed E-state index contributed by atoms with van der Waals surface area (Å²) in [5.74, 6) is -0.410. The average Bonchev–Trinajstić information content (AvgIpc) is 3.26. The lowest BCUT2D eigenvalue weighted by molar-refractivity contribution is 0.0691. The van der Waals surface area contributed by atoms with E-state index in [4.69, 9.17) is 9.15 Å². The number of nitrogens with one attached hydrogen (secondary N) is 1. The molecule has 7 nitrogen and oxygen atoms in total. The number of carbonyl (C=O) groups is 2. The summed E-state index contributed by atoms with van der Waals surface area (Å²) in [7, 11) is 1.56. The number of nitrogens with zero attached hydrogens (tertiary/aromatic N) is 1. The first-order valence-electron chi connectivity index (χ1n) is 9.40. The number of methoxy groups -OCH3 is 1. The minimum absolute atomic E-state index is 0.152. The number of carbonyl (C=O) groups excluding carboxylic acids is 1. The summed E-state index contributed by atoms with van der Waals surface area (Å²) in [6.45, 7) is 0. The second-order valence-electron chi connectivity index (χ2n) is 6.63. The maximum absolute atomic E-state index is 12.4. The summed E-state index contributed by atoms with van der Waals surface area (Å²) < 4.78 is 10.9. The van der Waals surface area contributed by atoms with Crippen molar-refractivity contribution in [2.75, 3.05) is 12.4 Å². The zero-order chi connectivity index (χ0) is 21.8. The molecular formula is C24H18N2O5. The number of carboxylic acid groups (broad SMARTS) is 1. The highest BCUT2D eigenvalue weighted by Crippen LogP contribution is 2.30. The molecule has 3 aromatic carbocycles. The van der Waals surface area contributed by atoms with Crippen LogP contribution in [0.3, 0.4) is 0 Å². The molecule has 4 aromatic rings. The van der Waals surface area contributed by atoms with E-state index in [1.165, 1.54) is 0 Å². The number of aromatic carboxylic acids is 1. The summed E-state index contributed by atoms with van der Waals surface area (Å²) in [5.41, 5.74) is 2.09. The maximum Gasteiger partial charge on any atom is 0.358 e. The number of hydrogen-bond donors (Lipinski definition) is 2. The number of aromatic nitrogens is 1. The quantitative estimate of drug-likeness (QED) is 0.462. The summed E-state index contributed by atoms with van der Waals surface area (Å²) >= 11 is 0. The average molecular weight is 414 g/mol. The van der Waals surface area contributed by atoms with Crippen LogP contribution < -0.4 is 10.1 Å². The molecule has 154 valence electrons. The number of rotatable bonds is 6. The highest BCUT2D eigenvalue weighted by atomic mass is 16.5. The zero-order valence-corrected chi connectivity index (χ0v) is 16.5. The molecule has 1 aromatic heterocycles. The number of anilines is 1. The Bertz CT molecular complexity index is 1210. The van der Waals surface area contributed by atoms with Crippen molar-refractivity contribution in [2.24, 2.45) is 0 Å². The van der Waals surface area contributed by atoms with Crippen LogP contribution in [0.5, 0.6) is 5.75 Å². The molecule has 0 unspecified atom stereocenters. The van der Waals surface area contributed by atoms with Crippen molar-refractivity contribution in [3.63, 3.8) is 0 Å². The van der Waals surface area contributed by atoms with Gasteiger partial charge in [-0.05, 0) is 60.7 Å². The van der Waals surface area contributed by atoms with Crippen molar-refractivity contribution < 1.29 is 23.8 Å². The van der Waals surface area contributed by atoms with Crippen LogP contribution in [0.2, 0.25) is 0 Å². The predicted octanol–water partition coefficient (Wildman–Crippen LogP) is 4.97. The van der Waals surface area contributed by atoms with Crippen LogP contribution in [-0.4, -0.2) is 29.1 Å². The van der Waals surface area contributed by atoms with Crippen LogP contribution in [0.1, 0.15) is 20.8 Å². The highest BCUT2D eigenvalue weighted by Gasteiger charge is 2.21. The largest absolute Gasteiger partial charge is 0.497 e. The Morgan fingerprint density at radius 1 is 0.903 bits per heavy atom. The van der Waals surface area contributed by atoms with Gasteiger partial charge in [0.2, 0.25) is 5.89 Å². The summed E-state index contributed by atoms with van der Waals surface area (Å²) in [5, 5.41) is 12.3. The van der Waals surface area contributed by atoms with Crippen LogP contribution >= 0.6 is 0 Å². The van der Waals surface area contributed by atoms with Gasteiger partial charge in [-0.25, -0.2) is 9.78 Å². The Balaban J connectivity index is 1.57. The Hall–Kier alpha value is -4.39.